The van der Waals surface area contributed by atoms with E-state index in [4.69, 9.17) is 23.2 Å². The highest BCUT2D eigenvalue weighted by Gasteiger charge is 2.43. The van der Waals surface area contributed by atoms with Gasteiger partial charge in [-0.3, -0.25) is 9.59 Å². The van der Waals surface area contributed by atoms with Crippen molar-refractivity contribution < 1.29 is 9.59 Å². The summed E-state index contributed by atoms with van der Waals surface area (Å²) in [6.07, 6.45) is 5.53. The maximum absolute atomic E-state index is 13.5. The number of nitrogens with zero attached hydrogens (tertiary/aromatic N) is 2. The van der Waals surface area contributed by atoms with Gasteiger partial charge in [-0.15, -0.1) is 0 Å². The molecule has 0 unspecified atom stereocenters. The topological polar surface area (TPSA) is 40.6 Å². The quantitative estimate of drug-likeness (QED) is 0.502. The predicted octanol–water partition coefficient (Wildman–Crippen LogP) is 6.14. The zero-order valence-corrected chi connectivity index (χ0v) is 18.9. The number of para-hydroxylation sites is 1. The number of benzene rings is 2. The van der Waals surface area contributed by atoms with Crippen LogP contribution in [-0.2, 0) is 9.59 Å². The van der Waals surface area contributed by atoms with E-state index in [1.165, 1.54) is 23.1 Å². The number of imide groups is 1. The van der Waals surface area contributed by atoms with Crippen molar-refractivity contribution in [2.24, 2.45) is 0 Å². The maximum atomic E-state index is 13.5. The van der Waals surface area contributed by atoms with Crippen LogP contribution in [0.5, 0.6) is 0 Å². The second-order valence-electron chi connectivity index (χ2n) is 7.53. The fourth-order valence-corrected chi connectivity index (χ4v) is 5.39. The summed E-state index contributed by atoms with van der Waals surface area (Å²) in [5.41, 5.74) is 0.863. The molecule has 2 aliphatic rings. The summed E-state index contributed by atoms with van der Waals surface area (Å²) in [6, 6.07) is 14.5. The maximum Gasteiger partial charge on any atom is 0.283 e. The Hall–Kier alpha value is -1.95. The molecule has 1 fully saturated rings. The largest absolute Gasteiger partial charge is 0.366 e. The molecule has 0 radical (unpaired) electrons. The zero-order valence-electron chi connectivity index (χ0n) is 16.6. The van der Waals surface area contributed by atoms with Crippen LogP contribution in [0.2, 0.25) is 10.0 Å². The van der Waals surface area contributed by atoms with Crippen LogP contribution in [0.15, 0.2) is 64.0 Å². The van der Waals surface area contributed by atoms with E-state index in [0.29, 0.717) is 26.3 Å². The van der Waals surface area contributed by atoms with Crippen LogP contribution in [-0.4, -0.2) is 29.8 Å². The van der Waals surface area contributed by atoms with Gasteiger partial charge in [0.1, 0.15) is 10.6 Å². The van der Waals surface area contributed by atoms with Gasteiger partial charge in [0.15, 0.2) is 0 Å². The van der Waals surface area contributed by atoms with Gasteiger partial charge < -0.3 is 4.90 Å². The van der Waals surface area contributed by atoms with E-state index in [2.05, 4.69) is 0 Å². The first-order chi connectivity index (χ1) is 14.5. The molecule has 156 valence electrons. The summed E-state index contributed by atoms with van der Waals surface area (Å²) in [5, 5.41) is 0.996. The molecule has 0 atom stereocenters. The van der Waals surface area contributed by atoms with E-state index in [-0.39, 0.29) is 17.9 Å². The Balaban J connectivity index is 1.75. The smallest absolute Gasteiger partial charge is 0.283 e. The molecule has 0 N–H and O–H groups in total. The number of amides is 2. The van der Waals surface area contributed by atoms with Crippen molar-refractivity contribution in [3.05, 3.63) is 69.2 Å². The van der Waals surface area contributed by atoms with Crippen molar-refractivity contribution in [2.45, 2.75) is 43.0 Å². The first-order valence-corrected chi connectivity index (χ1v) is 11.6. The van der Waals surface area contributed by atoms with E-state index >= 15 is 0 Å². The zero-order chi connectivity index (χ0) is 21.3. The highest BCUT2D eigenvalue weighted by Crippen LogP contribution is 2.41. The van der Waals surface area contributed by atoms with Crippen molar-refractivity contribution in [3.8, 4) is 0 Å². The standard InChI is InChI=1S/C23H22Cl2N2O2S/c1-26(16-7-3-2-4-8-16)20-21(30-17-13-11-15(24)12-14-17)23(29)27(22(20)28)19-10-6-5-9-18(19)25/h5-6,9-14,16H,2-4,7-8H2,1H3. The van der Waals surface area contributed by atoms with Crippen molar-refractivity contribution >= 4 is 52.5 Å². The molecule has 1 aliphatic heterocycles. The Bertz CT molecular complexity index is 1000. The minimum atomic E-state index is -0.342. The van der Waals surface area contributed by atoms with Gasteiger partial charge in [0, 0.05) is 23.0 Å². The van der Waals surface area contributed by atoms with E-state index in [9.17, 15) is 9.59 Å². The van der Waals surface area contributed by atoms with E-state index in [1.807, 2.05) is 24.1 Å². The van der Waals surface area contributed by atoms with Crippen LogP contribution in [0.3, 0.4) is 0 Å². The van der Waals surface area contributed by atoms with Crippen LogP contribution in [0, 0.1) is 0 Å². The lowest BCUT2D eigenvalue weighted by molar-refractivity contribution is -0.121. The van der Waals surface area contributed by atoms with Gasteiger partial charge in [-0.1, -0.05) is 66.4 Å². The molecular formula is C23H22Cl2N2O2S. The van der Waals surface area contributed by atoms with Crippen LogP contribution in [0.25, 0.3) is 0 Å². The molecule has 1 heterocycles. The van der Waals surface area contributed by atoms with Gasteiger partial charge in [0.05, 0.1) is 10.7 Å². The summed E-state index contributed by atoms with van der Waals surface area (Å²) < 4.78 is 0. The first-order valence-electron chi connectivity index (χ1n) is 10.0. The van der Waals surface area contributed by atoms with Gasteiger partial charge in [-0.05, 0) is 49.2 Å². The molecule has 30 heavy (non-hydrogen) atoms. The van der Waals surface area contributed by atoms with Crippen LogP contribution in [0.1, 0.15) is 32.1 Å². The number of likely N-dealkylation sites (N-methyl/N-ethyl adjacent to an activating group) is 1. The van der Waals surface area contributed by atoms with Crippen LogP contribution in [0.4, 0.5) is 5.69 Å². The number of rotatable bonds is 5. The van der Waals surface area contributed by atoms with Crippen LogP contribution >= 0.6 is 35.0 Å². The van der Waals surface area contributed by atoms with Crippen molar-refractivity contribution in [1.82, 2.24) is 4.90 Å². The fraction of sp³-hybridized carbons (Fsp3) is 0.304. The van der Waals surface area contributed by atoms with Gasteiger partial charge in [-0.2, -0.15) is 0 Å². The second-order valence-corrected chi connectivity index (χ2v) is 9.46. The average Bonchev–Trinajstić information content (AvgIpc) is 3.00. The minimum Gasteiger partial charge on any atom is -0.366 e. The SMILES string of the molecule is CN(C1=C(Sc2ccc(Cl)cc2)C(=O)N(c2ccccc2Cl)C1=O)C1CCCCC1. The molecule has 2 aromatic carbocycles. The minimum absolute atomic E-state index is 0.248. The normalized spacial score (nSPS) is 17.8. The Morgan fingerprint density at radius 3 is 2.27 bits per heavy atom. The fourth-order valence-electron chi connectivity index (χ4n) is 4.02. The van der Waals surface area contributed by atoms with E-state index in [1.54, 1.807) is 36.4 Å². The summed E-state index contributed by atoms with van der Waals surface area (Å²) in [5.74, 6) is -0.664. The number of halogens is 2. The summed E-state index contributed by atoms with van der Waals surface area (Å²) in [7, 11) is 1.93. The Kier molecular flexibility index (Phi) is 6.42. The van der Waals surface area contributed by atoms with Gasteiger partial charge in [0.25, 0.3) is 11.8 Å². The number of hydrogen-bond donors (Lipinski definition) is 0. The molecule has 0 aromatic heterocycles. The average molecular weight is 461 g/mol. The summed E-state index contributed by atoms with van der Waals surface area (Å²) in [4.78, 5) is 31.5. The lowest BCUT2D eigenvalue weighted by Crippen LogP contribution is -2.38. The van der Waals surface area contributed by atoms with Gasteiger partial charge in [0.2, 0.25) is 0 Å². The molecular weight excluding hydrogens is 439 g/mol. The number of carbonyl (C=O) groups excluding carboxylic acids is 2. The first kappa shape index (κ1) is 21.3. The lowest BCUT2D eigenvalue weighted by Gasteiger charge is -2.33. The number of thioether (sulfide) groups is 1. The highest BCUT2D eigenvalue weighted by molar-refractivity contribution is 8.04. The van der Waals surface area contributed by atoms with Gasteiger partial charge in [-0.25, -0.2) is 4.90 Å². The second kappa shape index (κ2) is 9.04. The third-order valence-electron chi connectivity index (χ3n) is 5.62. The van der Waals surface area contributed by atoms with E-state index < -0.39 is 0 Å². The van der Waals surface area contributed by atoms with Crippen molar-refractivity contribution in [1.29, 1.82) is 0 Å². The van der Waals surface area contributed by atoms with Gasteiger partial charge >= 0.3 is 0 Å². The third-order valence-corrected chi connectivity index (χ3v) is 7.27. The molecule has 2 aromatic rings. The molecule has 0 saturated heterocycles. The molecule has 7 heteroatoms. The number of anilines is 1. The summed E-state index contributed by atoms with van der Waals surface area (Å²) in [6.45, 7) is 0. The molecule has 0 bridgehead atoms. The third kappa shape index (κ3) is 4.11. The molecule has 0 spiro atoms. The molecule has 4 nitrogen and oxygen atoms in total. The Morgan fingerprint density at radius 1 is 0.933 bits per heavy atom. The molecule has 1 aliphatic carbocycles. The Morgan fingerprint density at radius 2 is 1.60 bits per heavy atom. The molecule has 2 amide bonds. The predicted molar refractivity (Wildman–Crippen MR) is 123 cm³/mol. The lowest BCUT2D eigenvalue weighted by atomic mass is 9.94. The number of hydrogen-bond acceptors (Lipinski definition) is 4. The van der Waals surface area contributed by atoms with Crippen molar-refractivity contribution in [2.75, 3.05) is 11.9 Å². The van der Waals surface area contributed by atoms with E-state index in [0.717, 1.165) is 30.6 Å². The highest BCUT2D eigenvalue weighted by atomic mass is 35.5. The molecule has 1 saturated carbocycles. The Labute approximate surface area is 190 Å². The summed E-state index contributed by atoms with van der Waals surface area (Å²) >= 11 is 13.6. The number of carbonyl (C=O) groups is 2. The van der Waals surface area contributed by atoms with Crippen molar-refractivity contribution in [3.63, 3.8) is 0 Å². The van der Waals surface area contributed by atoms with Crippen LogP contribution < -0.4 is 4.90 Å². The monoisotopic (exact) mass is 460 g/mol. The molecule has 4 rings (SSSR count).